The number of fused-ring (bicyclic) bond motifs is 5. The summed E-state index contributed by atoms with van der Waals surface area (Å²) in [5.41, 5.74) is 5.88. The van der Waals surface area contributed by atoms with Gasteiger partial charge in [-0.1, -0.05) is 40.2 Å². The standard InChI is InChI=1S/C16H11BrN2/c1-18-16-10-5-2-3-7-13(10)19-14-8-4-6-12(17)11(14)9-15(16)19/h2-9H,1H3. The van der Waals surface area contributed by atoms with Gasteiger partial charge in [-0.3, -0.25) is 4.99 Å². The van der Waals surface area contributed by atoms with Gasteiger partial charge in [0.1, 0.15) is 0 Å². The predicted molar refractivity (Wildman–Crippen MR) is 82.5 cm³/mol. The summed E-state index contributed by atoms with van der Waals surface area (Å²) >= 11 is 3.63. The third kappa shape index (κ3) is 1.33. The molecule has 2 aromatic carbocycles. The zero-order valence-electron chi connectivity index (χ0n) is 10.4. The fraction of sp³-hybridized carbons (Fsp3) is 0.0625. The molecule has 3 aromatic rings. The van der Waals surface area contributed by atoms with Crippen LogP contribution in [0.4, 0.5) is 0 Å². The van der Waals surface area contributed by atoms with Crippen molar-refractivity contribution in [1.82, 2.24) is 4.57 Å². The second-order valence-corrected chi connectivity index (χ2v) is 5.48. The smallest absolute Gasteiger partial charge is 0.0904 e. The van der Waals surface area contributed by atoms with Crippen LogP contribution in [-0.4, -0.2) is 17.3 Å². The van der Waals surface area contributed by atoms with E-state index in [9.17, 15) is 0 Å². The Morgan fingerprint density at radius 2 is 1.89 bits per heavy atom. The van der Waals surface area contributed by atoms with Crippen LogP contribution in [0.3, 0.4) is 0 Å². The average molecular weight is 311 g/mol. The molecule has 0 unspecified atom stereocenters. The number of hydrogen-bond donors (Lipinski definition) is 0. The van der Waals surface area contributed by atoms with Crippen LogP contribution in [0.5, 0.6) is 0 Å². The van der Waals surface area contributed by atoms with E-state index in [1.54, 1.807) is 0 Å². The normalized spacial score (nSPS) is 14.9. The third-order valence-corrected chi connectivity index (χ3v) is 4.35. The van der Waals surface area contributed by atoms with E-state index in [4.69, 9.17) is 0 Å². The zero-order valence-corrected chi connectivity index (χ0v) is 12.0. The van der Waals surface area contributed by atoms with Gasteiger partial charge in [-0.15, -0.1) is 0 Å². The maximum Gasteiger partial charge on any atom is 0.0904 e. The highest BCUT2D eigenvalue weighted by Crippen LogP contribution is 2.36. The maximum atomic E-state index is 4.48. The van der Waals surface area contributed by atoms with Gasteiger partial charge in [0.05, 0.1) is 22.6 Å². The lowest BCUT2D eigenvalue weighted by Crippen LogP contribution is -1.97. The summed E-state index contributed by atoms with van der Waals surface area (Å²) < 4.78 is 3.41. The van der Waals surface area contributed by atoms with Gasteiger partial charge in [0.15, 0.2) is 0 Å². The Morgan fingerprint density at radius 3 is 2.74 bits per heavy atom. The summed E-state index contributed by atoms with van der Waals surface area (Å²) in [7, 11) is 1.86. The Bertz CT molecular complexity index is 843. The van der Waals surface area contributed by atoms with Gasteiger partial charge in [0, 0.05) is 22.5 Å². The van der Waals surface area contributed by atoms with Gasteiger partial charge in [-0.2, -0.15) is 0 Å². The van der Waals surface area contributed by atoms with Gasteiger partial charge >= 0.3 is 0 Å². The van der Waals surface area contributed by atoms with Gasteiger partial charge in [0.2, 0.25) is 0 Å². The molecule has 2 heterocycles. The Labute approximate surface area is 119 Å². The Kier molecular flexibility index (Phi) is 2.21. The molecule has 92 valence electrons. The Balaban J connectivity index is 2.21. The van der Waals surface area contributed by atoms with E-state index in [0.717, 1.165) is 10.2 Å². The SMILES string of the molecule is CN=C1c2ccccc2-n2c1cc1c(Br)cccc12. The van der Waals surface area contributed by atoms with Crippen LogP contribution in [0, 0.1) is 0 Å². The molecule has 1 aliphatic heterocycles. The van der Waals surface area contributed by atoms with Crippen LogP contribution < -0.4 is 0 Å². The lowest BCUT2D eigenvalue weighted by molar-refractivity contribution is 1.14. The molecule has 0 atom stereocenters. The summed E-state index contributed by atoms with van der Waals surface area (Å²) in [5, 5.41) is 1.23. The van der Waals surface area contributed by atoms with E-state index >= 15 is 0 Å². The van der Waals surface area contributed by atoms with E-state index in [1.165, 1.54) is 27.8 Å². The largest absolute Gasteiger partial charge is 0.307 e. The fourth-order valence-electron chi connectivity index (χ4n) is 2.87. The maximum absolute atomic E-state index is 4.48. The highest BCUT2D eigenvalue weighted by Gasteiger charge is 2.26. The summed E-state index contributed by atoms with van der Waals surface area (Å²) in [4.78, 5) is 4.48. The van der Waals surface area contributed by atoms with Crippen molar-refractivity contribution in [3.63, 3.8) is 0 Å². The number of halogens is 1. The molecule has 4 rings (SSSR count). The van der Waals surface area contributed by atoms with Crippen LogP contribution in [0.15, 0.2) is 58.0 Å². The molecule has 1 aliphatic rings. The van der Waals surface area contributed by atoms with E-state index in [-0.39, 0.29) is 0 Å². The molecule has 0 fully saturated rings. The molecular weight excluding hydrogens is 300 g/mol. The van der Waals surface area contributed by atoms with Crippen LogP contribution >= 0.6 is 15.9 Å². The minimum Gasteiger partial charge on any atom is -0.307 e. The minimum atomic E-state index is 1.07. The van der Waals surface area contributed by atoms with Crippen molar-refractivity contribution >= 4 is 32.5 Å². The number of aliphatic imine (C=N–C) groups is 1. The molecule has 19 heavy (non-hydrogen) atoms. The average Bonchev–Trinajstić information content (AvgIpc) is 2.94. The highest BCUT2D eigenvalue weighted by atomic mass is 79.9. The Morgan fingerprint density at radius 1 is 1.05 bits per heavy atom. The first kappa shape index (κ1) is 11.0. The number of hydrogen-bond acceptors (Lipinski definition) is 1. The van der Waals surface area contributed by atoms with Crippen LogP contribution in [0.2, 0.25) is 0 Å². The first-order valence-electron chi connectivity index (χ1n) is 6.18. The third-order valence-electron chi connectivity index (χ3n) is 3.66. The van der Waals surface area contributed by atoms with Gasteiger partial charge in [0.25, 0.3) is 0 Å². The van der Waals surface area contributed by atoms with Gasteiger partial charge in [-0.05, 0) is 24.3 Å². The van der Waals surface area contributed by atoms with E-state index in [0.29, 0.717) is 0 Å². The first-order chi connectivity index (χ1) is 9.31. The van der Waals surface area contributed by atoms with Crippen LogP contribution in [0.1, 0.15) is 11.3 Å². The van der Waals surface area contributed by atoms with Crippen molar-refractivity contribution in [3.05, 3.63) is 64.3 Å². The van der Waals surface area contributed by atoms with Crippen LogP contribution in [-0.2, 0) is 0 Å². The molecule has 1 aromatic heterocycles. The summed E-state index contributed by atoms with van der Waals surface area (Å²) in [6, 6.07) is 16.9. The highest BCUT2D eigenvalue weighted by molar-refractivity contribution is 9.10. The first-order valence-corrected chi connectivity index (χ1v) is 6.97. The van der Waals surface area contributed by atoms with Crippen molar-refractivity contribution in [3.8, 4) is 5.69 Å². The second kappa shape index (κ2) is 3.81. The topological polar surface area (TPSA) is 17.3 Å². The van der Waals surface area contributed by atoms with Crippen molar-refractivity contribution < 1.29 is 0 Å². The number of rotatable bonds is 0. The summed E-state index contributed by atoms with van der Waals surface area (Å²) in [6.45, 7) is 0. The van der Waals surface area contributed by atoms with Gasteiger partial charge < -0.3 is 4.57 Å². The quantitative estimate of drug-likeness (QED) is 0.464. The molecule has 0 N–H and O–H groups in total. The molecule has 0 spiro atoms. The van der Waals surface area contributed by atoms with Crippen molar-refractivity contribution in [2.75, 3.05) is 7.05 Å². The van der Waals surface area contributed by atoms with Gasteiger partial charge in [-0.25, -0.2) is 0 Å². The zero-order chi connectivity index (χ0) is 13.0. The molecule has 2 nitrogen and oxygen atoms in total. The molecular formula is C16H11BrN2. The van der Waals surface area contributed by atoms with Crippen molar-refractivity contribution in [2.24, 2.45) is 4.99 Å². The van der Waals surface area contributed by atoms with E-state index in [1.807, 2.05) is 7.05 Å². The van der Waals surface area contributed by atoms with Crippen LogP contribution in [0.25, 0.3) is 16.6 Å². The molecule has 0 aliphatic carbocycles. The molecule has 0 radical (unpaired) electrons. The lowest BCUT2D eigenvalue weighted by Gasteiger charge is -2.04. The van der Waals surface area contributed by atoms with Crippen molar-refractivity contribution in [1.29, 1.82) is 0 Å². The number of nitrogens with zero attached hydrogens (tertiary/aromatic N) is 2. The predicted octanol–water partition coefficient (Wildman–Crippen LogP) is 4.17. The Hall–Kier alpha value is -1.87. The molecule has 3 heteroatoms. The number of aromatic nitrogens is 1. The van der Waals surface area contributed by atoms with E-state index < -0.39 is 0 Å². The fourth-order valence-corrected chi connectivity index (χ4v) is 3.34. The summed E-state index contributed by atoms with van der Waals surface area (Å²) in [5.74, 6) is 0. The monoisotopic (exact) mass is 310 g/mol. The molecule has 0 bridgehead atoms. The lowest BCUT2D eigenvalue weighted by atomic mass is 10.1. The minimum absolute atomic E-state index is 1.07. The summed E-state index contributed by atoms with van der Waals surface area (Å²) in [6.07, 6.45) is 0. The molecule has 0 amide bonds. The second-order valence-electron chi connectivity index (χ2n) is 4.63. The molecule has 0 saturated carbocycles. The number of para-hydroxylation sites is 1. The molecule has 0 saturated heterocycles. The van der Waals surface area contributed by atoms with E-state index in [2.05, 4.69) is 74.0 Å². The number of benzene rings is 2. The van der Waals surface area contributed by atoms with Crippen molar-refractivity contribution in [2.45, 2.75) is 0 Å².